The Labute approximate surface area is 105 Å². The quantitative estimate of drug-likeness (QED) is 0.391. The molecule has 0 amide bonds. The predicted molar refractivity (Wildman–Crippen MR) is 75.6 cm³/mol. The van der Waals surface area contributed by atoms with Crippen molar-refractivity contribution in [2.75, 3.05) is 0 Å². The van der Waals surface area contributed by atoms with Gasteiger partial charge in [-0.25, -0.2) is 0 Å². The fourth-order valence-corrected chi connectivity index (χ4v) is 1.86. The van der Waals surface area contributed by atoms with Crippen molar-refractivity contribution in [3.05, 3.63) is 0 Å². The third kappa shape index (κ3) is 7.63. The van der Waals surface area contributed by atoms with Crippen LogP contribution < -0.4 is 11.2 Å². The molecular formula is C12H25N3S. The van der Waals surface area contributed by atoms with Gasteiger partial charge in [-0.3, -0.25) is 5.43 Å². The van der Waals surface area contributed by atoms with Crippen molar-refractivity contribution >= 4 is 23.0 Å². The number of nitrogens with one attached hydrogen (secondary N) is 1. The van der Waals surface area contributed by atoms with Crippen LogP contribution in [-0.4, -0.2) is 10.8 Å². The summed E-state index contributed by atoms with van der Waals surface area (Å²) in [4.78, 5) is 0. The molecule has 0 aliphatic heterocycles. The van der Waals surface area contributed by atoms with Crippen molar-refractivity contribution in [1.82, 2.24) is 5.43 Å². The summed E-state index contributed by atoms with van der Waals surface area (Å²) in [6.45, 7) is 6.63. The molecule has 0 heterocycles. The molecule has 16 heavy (non-hydrogen) atoms. The number of hydrazone groups is 1. The van der Waals surface area contributed by atoms with Gasteiger partial charge in [-0.15, -0.1) is 0 Å². The van der Waals surface area contributed by atoms with E-state index >= 15 is 0 Å². The van der Waals surface area contributed by atoms with Crippen LogP contribution in [0, 0.1) is 5.92 Å². The average molecular weight is 243 g/mol. The average Bonchev–Trinajstić information content (AvgIpc) is 2.25. The predicted octanol–water partition coefficient (Wildman–Crippen LogP) is 3.19. The van der Waals surface area contributed by atoms with E-state index in [0.717, 1.165) is 25.2 Å². The molecule has 0 bridgehead atoms. The molecule has 0 aromatic carbocycles. The minimum Gasteiger partial charge on any atom is -0.375 e. The zero-order valence-electron chi connectivity index (χ0n) is 10.8. The van der Waals surface area contributed by atoms with Gasteiger partial charge in [0.1, 0.15) is 0 Å². The Morgan fingerprint density at radius 2 is 2.00 bits per heavy atom. The van der Waals surface area contributed by atoms with Crippen LogP contribution in [0.25, 0.3) is 0 Å². The SMILES string of the molecule is CCC/C(CC(CC)CCC)=N/NC(N)=S. The highest BCUT2D eigenvalue weighted by molar-refractivity contribution is 7.80. The Morgan fingerprint density at radius 3 is 2.44 bits per heavy atom. The largest absolute Gasteiger partial charge is 0.375 e. The Hall–Kier alpha value is -0.640. The Bertz CT molecular complexity index is 226. The lowest BCUT2D eigenvalue weighted by Crippen LogP contribution is -2.26. The van der Waals surface area contributed by atoms with Crippen molar-refractivity contribution in [3.8, 4) is 0 Å². The van der Waals surface area contributed by atoms with E-state index in [9.17, 15) is 0 Å². The van der Waals surface area contributed by atoms with Crippen LogP contribution in [0.5, 0.6) is 0 Å². The van der Waals surface area contributed by atoms with Gasteiger partial charge in [-0.05, 0) is 31.0 Å². The zero-order chi connectivity index (χ0) is 12.4. The van der Waals surface area contributed by atoms with E-state index in [1.54, 1.807) is 0 Å². The molecule has 0 aliphatic carbocycles. The maximum absolute atomic E-state index is 5.37. The summed E-state index contributed by atoms with van der Waals surface area (Å²) in [6.07, 6.45) is 6.92. The second-order valence-electron chi connectivity index (χ2n) is 4.17. The molecule has 0 aliphatic rings. The molecule has 3 N–H and O–H groups in total. The van der Waals surface area contributed by atoms with Gasteiger partial charge in [-0.2, -0.15) is 5.10 Å². The molecule has 3 nitrogen and oxygen atoms in total. The first-order valence-corrected chi connectivity index (χ1v) is 6.65. The van der Waals surface area contributed by atoms with Crippen LogP contribution in [0.4, 0.5) is 0 Å². The third-order valence-electron chi connectivity index (χ3n) is 2.66. The van der Waals surface area contributed by atoms with Gasteiger partial charge in [0.25, 0.3) is 0 Å². The molecule has 0 radical (unpaired) electrons. The number of nitrogens with two attached hydrogens (primary N) is 1. The standard InChI is InChI=1S/C12H25N3S/c1-4-7-10(6-3)9-11(8-5-2)14-15-12(13)16/h10H,4-9H2,1-3H3,(H3,13,15,16)/b14-11-. The lowest BCUT2D eigenvalue weighted by Gasteiger charge is -2.15. The summed E-state index contributed by atoms with van der Waals surface area (Å²) >= 11 is 4.75. The van der Waals surface area contributed by atoms with E-state index < -0.39 is 0 Å². The van der Waals surface area contributed by atoms with Crippen LogP contribution in [0.3, 0.4) is 0 Å². The number of nitrogens with zero attached hydrogens (tertiary/aromatic N) is 1. The van der Waals surface area contributed by atoms with Crippen LogP contribution in [0.2, 0.25) is 0 Å². The molecule has 0 fully saturated rings. The van der Waals surface area contributed by atoms with Gasteiger partial charge in [0.05, 0.1) is 0 Å². The fraction of sp³-hybridized carbons (Fsp3) is 0.833. The molecule has 0 rings (SSSR count). The first-order chi connectivity index (χ1) is 7.63. The van der Waals surface area contributed by atoms with E-state index in [1.165, 1.54) is 25.0 Å². The maximum atomic E-state index is 5.37. The maximum Gasteiger partial charge on any atom is 0.184 e. The molecule has 1 unspecified atom stereocenters. The molecule has 94 valence electrons. The summed E-state index contributed by atoms with van der Waals surface area (Å²) in [7, 11) is 0. The Morgan fingerprint density at radius 1 is 1.31 bits per heavy atom. The molecule has 0 saturated heterocycles. The van der Waals surface area contributed by atoms with Crippen molar-refractivity contribution in [3.63, 3.8) is 0 Å². The van der Waals surface area contributed by atoms with Crippen molar-refractivity contribution in [2.45, 2.75) is 59.3 Å². The van der Waals surface area contributed by atoms with Gasteiger partial charge in [0.15, 0.2) is 5.11 Å². The van der Waals surface area contributed by atoms with Crippen molar-refractivity contribution < 1.29 is 0 Å². The number of thiocarbonyl (C=S) groups is 1. The molecule has 0 saturated carbocycles. The minimum absolute atomic E-state index is 0.247. The lowest BCUT2D eigenvalue weighted by atomic mass is 9.93. The summed E-state index contributed by atoms with van der Waals surface area (Å²) in [5.74, 6) is 0.739. The van der Waals surface area contributed by atoms with Gasteiger partial charge in [0, 0.05) is 5.71 Å². The van der Waals surface area contributed by atoms with E-state index in [0.29, 0.717) is 0 Å². The number of hydrogen-bond donors (Lipinski definition) is 2. The third-order valence-corrected chi connectivity index (χ3v) is 2.75. The second-order valence-corrected chi connectivity index (χ2v) is 4.61. The van der Waals surface area contributed by atoms with Crippen LogP contribution >= 0.6 is 12.2 Å². The molecule has 0 aromatic rings. The fourth-order valence-electron chi connectivity index (χ4n) is 1.82. The summed E-state index contributed by atoms with van der Waals surface area (Å²) in [6, 6.07) is 0. The molecule has 0 spiro atoms. The molecular weight excluding hydrogens is 218 g/mol. The highest BCUT2D eigenvalue weighted by atomic mass is 32.1. The molecule has 1 atom stereocenters. The second kappa shape index (κ2) is 9.58. The van der Waals surface area contributed by atoms with E-state index in [2.05, 4.69) is 31.3 Å². The van der Waals surface area contributed by atoms with Crippen LogP contribution in [0.1, 0.15) is 59.3 Å². The van der Waals surface area contributed by atoms with Gasteiger partial charge < -0.3 is 5.73 Å². The first-order valence-electron chi connectivity index (χ1n) is 6.24. The van der Waals surface area contributed by atoms with Crippen molar-refractivity contribution in [2.24, 2.45) is 16.8 Å². The molecule has 4 heteroatoms. The monoisotopic (exact) mass is 243 g/mol. The van der Waals surface area contributed by atoms with Gasteiger partial charge in [-0.1, -0.05) is 46.5 Å². The normalized spacial score (nSPS) is 13.6. The number of hydrogen-bond acceptors (Lipinski definition) is 2. The van der Waals surface area contributed by atoms with E-state index in [4.69, 9.17) is 18.0 Å². The Balaban J connectivity index is 4.28. The highest BCUT2D eigenvalue weighted by Gasteiger charge is 2.09. The highest BCUT2D eigenvalue weighted by Crippen LogP contribution is 2.17. The zero-order valence-corrected chi connectivity index (χ0v) is 11.6. The smallest absolute Gasteiger partial charge is 0.184 e. The summed E-state index contributed by atoms with van der Waals surface area (Å²) < 4.78 is 0. The first kappa shape index (κ1) is 15.4. The summed E-state index contributed by atoms with van der Waals surface area (Å²) in [5, 5.41) is 4.53. The van der Waals surface area contributed by atoms with E-state index in [-0.39, 0.29) is 5.11 Å². The van der Waals surface area contributed by atoms with Gasteiger partial charge >= 0.3 is 0 Å². The Kier molecular flexibility index (Phi) is 9.19. The number of rotatable bonds is 8. The van der Waals surface area contributed by atoms with E-state index in [1.807, 2.05) is 0 Å². The van der Waals surface area contributed by atoms with Crippen molar-refractivity contribution in [1.29, 1.82) is 0 Å². The van der Waals surface area contributed by atoms with Crippen LogP contribution in [-0.2, 0) is 0 Å². The van der Waals surface area contributed by atoms with Gasteiger partial charge in [0.2, 0.25) is 0 Å². The molecule has 0 aromatic heterocycles. The minimum atomic E-state index is 0.247. The summed E-state index contributed by atoms with van der Waals surface area (Å²) in [5.41, 5.74) is 9.26. The van der Waals surface area contributed by atoms with Crippen LogP contribution in [0.15, 0.2) is 5.10 Å². The lowest BCUT2D eigenvalue weighted by molar-refractivity contribution is 0.477. The topological polar surface area (TPSA) is 50.4 Å².